The van der Waals surface area contributed by atoms with Crippen molar-refractivity contribution in [2.24, 2.45) is 28.6 Å². The average Bonchev–Trinajstić information content (AvgIpc) is 2.98. The van der Waals surface area contributed by atoms with E-state index in [1.807, 2.05) is 6.92 Å². The first-order valence-corrected chi connectivity index (χ1v) is 8.99. The molecule has 0 spiro atoms. The van der Waals surface area contributed by atoms with Crippen LogP contribution >= 0.6 is 23.2 Å². The molecule has 0 amide bonds. The van der Waals surface area contributed by atoms with E-state index in [4.69, 9.17) is 23.2 Å². The first-order chi connectivity index (χ1) is 10.6. The first-order valence-electron chi connectivity index (χ1n) is 8.24. The van der Waals surface area contributed by atoms with Crippen LogP contribution in [0, 0.1) is 35.5 Å². The third-order valence-electron chi connectivity index (χ3n) is 6.67. The van der Waals surface area contributed by atoms with Crippen LogP contribution in [0.4, 0.5) is 0 Å². The molecule has 0 bridgehead atoms. The Morgan fingerprint density at radius 2 is 1.91 bits per heavy atom. The highest BCUT2D eigenvalue weighted by Gasteiger charge is 2.65. The second-order valence-corrected chi connectivity index (χ2v) is 9.59. The van der Waals surface area contributed by atoms with Crippen molar-refractivity contribution in [3.05, 3.63) is 27.5 Å². The van der Waals surface area contributed by atoms with Crippen molar-refractivity contribution in [3.8, 4) is 0 Å². The highest BCUT2D eigenvalue weighted by molar-refractivity contribution is 6.55. The third kappa shape index (κ3) is 1.96. The van der Waals surface area contributed by atoms with Crippen LogP contribution < -0.4 is 0 Å². The summed E-state index contributed by atoms with van der Waals surface area (Å²) in [6.45, 7) is 10.8. The fourth-order valence-electron chi connectivity index (χ4n) is 5.00. The molecule has 5 heteroatoms. The number of fused-ring (bicyclic) bond motifs is 3. The molecule has 4 rings (SSSR count). The molecule has 0 saturated heterocycles. The Morgan fingerprint density at radius 1 is 1.26 bits per heavy atom. The lowest BCUT2D eigenvalue weighted by Crippen LogP contribution is -2.20. The van der Waals surface area contributed by atoms with Crippen molar-refractivity contribution in [2.75, 3.05) is 0 Å². The minimum atomic E-state index is -0.111. The summed E-state index contributed by atoms with van der Waals surface area (Å²) >= 11 is 11.6. The highest BCUT2D eigenvalue weighted by atomic mass is 35.5. The molecule has 3 aliphatic rings. The Morgan fingerprint density at radius 3 is 2.52 bits per heavy atom. The summed E-state index contributed by atoms with van der Waals surface area (Å²) in [6, 6.07) is 0. The van der Waals surface area contributed by atoms with Gasteiger partial charge >= 0.3 is 0 Å². The SMILES string of the molecule is Cc1nn(C(=O)[C@H]2[C@@H](C=C(Cl)Cl)C2(C)C)c2c1[C@H]1[C@@H](C2)C1(C)C. The topological polar surface area (TPSA) is 34.9 Å². The van der Waals surface area contributed by atoms with Crippen LogP contribution in [0.2, 0.25) is 0 Å². The summed E-state index contributed by atoms with van der Waals surface area (Å²) in [4.78, 5) is 13.1. The number of hydrogen-bond acceptors (Lipinski definition) is 2. The van der Waals surface area contributed by atoms with Gasteiger partial charge in [-0.3, -0.25) is 4.79 Å². The number of carbonyl (C=O) groups excluding carboxylic acids is 1. The summed E-state index contributed by atoms with van der Waals surface area (Å²) < 4.78 is 1.93. The standard InChI is InChI=1S/C18H22Cl2N2O/c1-8-13-11(6-9-14(13)17(9,2)3)22(21-8)16(23)15-10(7-12(19)20)18(15,4)5/h7,9-10,14-15H,6H2,1-5H3/t9-,10-,14-,15-/m1/s1. The Balaban J connectivity index is 1.67. The van der Waals surface area contributed by atoms with E-state index in [0.29, 0.717) is 17.3 Å². The zero-order chi connectivity index (χ0) is 16.9. The maximum atomic E-state index is 13.1. The molecule has 0 aliphatic heterocycles. The van der Waals surface area contributed by atoms with Gasteiger partial charge in [0, 0.05) is 5.56 Å². The summed E-state index contributed by atoms with van der Waals surface area (Å²) in [5, 5.41) is 4.60. The minimum Gasteiger partial charge on any atom is -0.272 e. The Labute approximate surface area is 147 Å². The first kappa shape index (κ1) is 15.7. The monoisotopic (exact) mass is 352 g/mol. The van der Waals surface area contributed by atoms with E-state index in [9.17, 15) is 4.79 Å². The number of halogens is 2. The number of aromatic nitrogens is 2. The summed E-state index contributed by atoms with van der Waals surface area (Å²) in [5.74, 6) is 1.35. The van der Waals surface area contributed by atoms with Gasteiger partial charge in [0.15, 0.2) is 0 Å². The van der Waals surface area contributed by atoms with Gasteiger partial charge in [-0.05, 0) is 48.0 Å². The van der Waals surface area contributed by atoms with Crippen LogP contribution in [-0.4, -0.2) is 15.7 Å². The zero-order valence-corrected chi connectivity index (χ0v) is 15.7. The highest BCUT2D eigenvalue weighted by Crippen LogP contribution is 2.70. The lowest BCUT2D eigenvalue weighted by atomic mass is 9.98. The number of carbonyl (C=O) groups is 1. The molecule has 0 unspecified atom stereocenters. The molecule has 3 nitrogen and oxygen atoms in total. The van der Waals surface area contributed by atoms with Crippen LogP contribution in [0.3, 0.4) is 0 Å². The van der Waals surface area contributed by atoms with Gasteiger partial charge in [-0.25, -0.2) is 4.68 Å². The summed E-state index contributed by atoms with van der Waals surface area (Å²) in [5.41, 5.74) is 3.75. The fraction of sp³-hybridized carbons (Fsp3) is 0.667. The van der Waals surface area contributed by atoms with Crippen molar-refractivity contribution >= 4 is 29.1 Å². The van der Waals surface area contributed by atoms with E-state index >= 15 is 0 Å². The Kier molecular flexibility index (Phi) is 3.02. The van der Waals surface area contributed by atoms with E-state index in [1.165, 1.54) is 5.56 Å². The predicted molar refractivity (Wildman–Crippen MR) is 91.9 cm³/mol. The van der Waals surface area contributed by atoms with Crippen LogP contribution in [-0.2, 0) is 6.42 Å². The minimum absolute atomic E-state index is 0.0903. The van der Waals surface area contributed by atoms with Gasteiger partial charge in [-0.15, -0.1) is 0 Å². The van der Waals surface area contributed by atoms with Gasteiger partial charge in [0.05, 0.1) is 17.3 Å². The number of hydrogen-bond donors (Lipinski definition) is 0. The molecule has 1 heterocycles. The lowest BCUT2D eigenvalue weighted by Gasteiger charge is -2.10. The van der Waals surface area contributed by atoms with Crippen LogP contribution in [0.1, 0.15) is 55.4 Å². The van der Waals surface area contributed by atoms with Gasteiger partial charge in [0.25, 0.3) is 5.91 Å². The van der Waals surface area contributed by atoms with Gasteiger partial charge < -0.3 is 0 Å². The Bertz CT molecular complexity index is 755. The number of rotatable bonds is 2. The van der Waals surface area contributed by atoms with E-state index < -0.39 is 0 Å². The van der Waals surface area contributed by atoms with E-state index in [0.717, 1.165) is 17.8 Å². The van der Waals surface area contributed by atoms with E-state index in [-0.39, 0.29) is 27.6 Å². The van der Waals surface area contributed by atoms with Gasteiger partial charge in [0.2, 0.25) is 0 Å². The third-order valence-corrected chi connectivity index (χ3v) is 6.92. The molecule has 4 atom stereocenters. The molecule has 1 aromatic rings. The number of allylic oxidation sites excluding steroid dienone is 1. The van der Waals surface area contributed by atoms with Gasteiger partial charge in [-0.2, -0.15) is 5.10 Å². The smallest absolute Gasteiger partial charge is 0.251 e. The van der Waals surface area contributed by atoms with Crippen molar-refractivity contribution in [2.45, 2.75) is 47.0 Å². The second-order valence-electron chi connectivity index (χ2n) is 8.59. The molecule has 0 aromatic carbocycles. The number of aryl methyl sites for hydroxylation is 1. The predicted octanol–water partition coefficient (Wildman–Crippen LogP) is 4.72. The summed E-state index contributed by atoms with van der Waals surface area (Å²) in [6.07, 6.45) is 2.77. The van der Waals surface area contributed by atoms with Crippen LogP contribution in [0.15, 0.2) is 10.6 Å². The number of nitrogens with zero attached hydrogens (tertiary/aromatic N) is 2. The molecule has 2 saturated carbocycles. The lowest BCUT2D eigenvalue weighted by molar-refractivity contribution is 0.0847. The van der Waals surface area contributed by atoms with Crippen molar-refractivity contribution < 1.29 is 4.79 Å². The molecule has 124 valence electrons. The maximum Gasteiger partial charge on any atom is 0.251 e. The van der Waals surface area contributed by atoms with Crippen LogP contribution in [0.5, 0.6) is 0 Å². The second kappa shape index (κ2) is 4.43. The molecule has 0 N–H and O–H groups in total. The fourth-order valence-corrected chi connectivity index (χ4v) is 5.28. The molecule has 1 aromatic heterocycles. The van der Waals surface area contributed by atoms with E-state index in [2.05, 4.69) is 32.8 Å². The van der Waals surface area contributed by atoms with Gasteiger partial charge in [0.1, 0.15) is 4.49 Å². The average molecular weight is 353 g/mol. The van der Waals surface area contributed by atoms with Crippen molar-refractivity contribution in [1.82, 2.24) is 9.78 Å². The summed E-state index contributed by atoms with van der Waals surface area (Å²) in [7, 11) is 0. The quantitative estimate of drug-likeness (QED) is 0.771. The van der Waals surface area contributed by atoms with Crippen molar-refractivity contribution in [1.29, 1.82) is 0 Å². The van der Waals surface area contributed by atoms with Crippen molar-refractivity contribution in [3.63, 3.8) is 0 Å². The zero-order valence-electron chi connectivity index (χ0n) is 14.2. The maximum absolute atomic E-state index is 13.1. The molecule has 0 radical (unpaired) electrons. The molecular formula is C18H22Cl2N2O. The van der Waals surface area contributed by atoms with E-state index in [1.54, 1.807) is 10.8 Å². The van der Waals surface area contributed by atoms with Crippen LogP contribution in [0.25, 0.3) is 0 Å². The van der Waals surface area contributed by atoms with Gasteiger partial charge in [-0.1, -0.05) is 50.9 Å². The molecular weight excluding hydrogens is 331 g/mol. The normalized spacial score (nSPS) is 34.6. The molecule has 23 heavy (non-hydrogen) atoms. The Hall–Kier alpha value is -0.800. The molecule has 2 fully saturated rings. The largest absolute Gasteiger partial charge is 0.272 e. The molecule has 3 aliphatic carbocycles.